The second-order valence-corrected chi connectivity index (χ2v) is 5.95. The van der Waals surface area contributed by atoms with Gasteiger partial charge in [0.2, 0.25) is 5.91 Å². The standard InChI is InChI=1S/C12H20N4OS/c1-16-8-10(7-15-16)11(13)12(17)14-6-9-2-4-18-5-3-9/h7-9,11H,2-6,13H2,1H3,(H,14,17). The first-order valence-corrected chi connectivity index (χ1v) is 7.42. The van der Waals surface area contributed by atoms with Gasteiger partial charge in [0, 0.05) is 25.4 Å². The Morgan fingerprint density at radius 3 is 3.00 bits per heavy atom. The molecule has 18 heavy (non-hydrogen) atoms. The molecule has 0 radical (unpaired) electrons. The first-order valence-electron chi connectivity index (χ1n) is 6.26. The van der Waals surface area contributed by atoms with Crippen LogP contribution in [0.5, 0.6) is 0 Å². The first-order chi connectivity index (χ1) is 8.66. The van der Waals surface area contributed by atoms with Gasteiger partial charge in [0.15, 0.2) is 0 Å². The van der Waals surface area contributed by atoms with E-state index >= 15 is 0 Å². The highest BCUT2D eigenvalue weighted by Gasteiger charge is 2.19. The van der Waals surface area contributed by atoms with E-state index in [-0.39, 0.29) is 5.91 Å². The molecule has 5 nitrogen and oxygen atoms in total. The summed E-state index contributed by atoms with van der Waals surface area (Å²) < 4.78 is 1.65. The van der Waals surface area contributed by atoms with E-state index in [0.717, 1.165) is 12.1 Å². The molecule has 1 saturated heterocycles. The molecule has 2 heterocycles. The Balaban J connectivity index is 1.80. The normalized spacial score (nSPS) is 18.6. The van der Waals surface area contributed by atoms with Gasteiger partial charge in [0.25, 0.3) is 0 Å². The summed E-state index contributed by atoms with van der Waals surface area (Å²) >= 11 is 1.99. The molecule has 0 bridgehead atoms. The lowest BCUT2D eigenvalue weighted by Gasteiger charge is -2.22. The monoisotopic (exact) mass is 268 g/mol. The van der Waals surface area contributed by atoms with Crippen LogP contribution in [0.1, 0.15) is 24.4 Å². The Labute approximate surface area is 111 Å². The van der Waals surface area contributed by atoms with Crippen LogP contribution in [0, 0.1) is 5.92 Å². The third kappa shape index (κ3) is 3.49. The molecule has 1 fully saturated rings. The summed E-state index contributed by atoms with van der Waals surface area (Å²) in [5, 5.41) is 6.97. The predicted octanol–water partition coefficient (Wildman–Crippen LogP) is 0.679. The number of amides is 1. The summed E-state index contributed by atoms with van der Waals surface area (Å²) in [4.78, 5) is 11.9. The number of aryl methyl sites for hydroxylation is 1. The molecule has 0 aromatic carbocycles. The number of thioether (sulfide) groups is 1. The molecule has 100 valence electrons. The van der Waals surface area contributed by atoms with Gasteiger partial charge in [-0.25, -0.2) is 0 Å². The quantitative estimate of drug-likeness (QED) is 0.842. The van der Waals surface area contributed by atoms with Gasteiger partial charge >= 0.3 is 0 Å². The van der Waals surface area contributed by atoms with Crippen LogP contribution in [0.2, 0.25) is 0 Å². The molecule has 0 saturated carbocycles. The maximum absolute atomic E-state index is 11.9. The molecule has 1 aliphatic heterocycles. The van der Waals surface area contributed by atoms with E-state index in [9.17, 15) is 4.79 Å². The molecule has 1 aliphatic rings. The number of nitrogens with two attached hydrogens (primary N) is 1. The largest absolute Gasteiger partial charge is 0.354 e. The molecular weight excluding hydrogens is 248 g/mol. The van der Waals surface area contributed by atoms with Crippen LogP contribution in [0.15, 0.2) is 12.4 Å². The third-order valence-corrected chi connectivity index (χ3v) is 4.32. The lowest BCUT2D eigenvalue weighted by Crippen LogP contribution is -2.37. The van der Waals surface area contributed by atoms with Gasteiger partial charge < -0.3 is 11.1 Å². The van der Waals surface area contributed by atoms with E-state index < -0.39 is 6.04 Å². The number of hydrogen-bond acceptors (Lipinski definition) is 4. The second-order valence-electron chi connectivity index (χ2n) is 4.73. The van der Waals surface area contributed by atoms with Crippen molar-refractivity contribution in [3.63, 3.8) is 0 Å². The zero-order valence-electron chi connectivity index (χ0n) is 10.6. The van der Waals surface area contributed by atoms with Gasteiger partial charge in [-0.1, -0.05) is 0 Å². The zero-order chi connectivity index (χ0) is 13.0. The van der Waals surface area contributed by atoms with E-state index in [0.29, 0.717) is 5.92 Å². The number of carbonyl (C=O) groups excluding carboxylic acids is 1. The predicted molar refractivity (Wildman–Crippen MR) is 73.2 cm³/mol. The minimum absolute atomic E-state index is 0.110. The Kier molecular flexibility index (Phi) is 4.66. The molecule has 1 aromatic rings. The molecular formula is C12H20N4OS. The summed E-state index contributed by atoms with van der Waals surface area (Å²) in [5.41, 5.74) is 6.66. The van der Waals surface area contributed by atoms with E-state index in [4.69, 9.17) is 5.73 Å². The third-order valence-electron chi connectivity index (χ3n) is 3.27. The summed E-state index contributed by atoms with van der Waals surface area (Å²) in [6, 6.07) is -0.614. The molecule has 0 aliphatic carbocycles. The van der Waals surface area contributed by atoms with Crippen LogP contribution >= 0.6 is 11.8 Å². The Hall–Kier alpha value is -1.01. The molecule has 3 N–H and O–H groups in total. The Morgan fingerprint density at radius 2 is 2.39 bits per heavy atom. The van der Waals surface area contributed by atoms with Crippen LogP contribution in [-0.2, 0) is 11.8 Å². The van der Waals surface area contributed by atoms with Gasteiger partial charge in [0.1, 0.15) is 6.04 Å². The minimum atomic E-state index is -0.614. The van der Waals surface area contributed by atoms with Crippen molar-refractivity contribution in [3.05, 3.63) is 18.0 Å². The van der Waals surface area contributed by atoms with Crippen molar-refractivity contribution >= 4 is 17.7 Å². The first kappa shape index (κ1) is 13.4. The lowest BCUT2D eigenvalue weighted by atomic mass is 10.0. The lowest BCUT2D eigenvalue weighted by molar-refractivity contribution is -0.122. The SMILES string of the molecule is Cn1cc(C(N)C(=O)NCC2CCSCC2)cn1. The second kappa shape index (κ2) is 6.24. The molecule has 6 heteroatoms. The van der Waals surface area contributed by atoms with Gasteiger partial charge in [-0.15, -0.1) is 0 Å². The van der Waals surface area contributed by atoms with Gasteiger partial charge in [-0.3, -0.25) is 9.48 Å². The summed E-state index contributed by atoms with van der Waals surface area (Å²) in [5.74, 6) is 2.90. The van der Waals surface area contributed by atoms with E-state index in [1.165, 1.54) is 24.3 Å². The molecule has 0 spiro atoms. The van der Waals surface area contributed by atoms with E-state index in [1.807, 2.05) is 18.8 Å². The highest BCUT2D eigenvalue weighted by molar-refractivity contribution is 7.99. The fourth-order valence-electron chi connectivity index (χ4n) is 2.06. The number of hydrogen-bond donors (Lipinski definition) is 2. The average Bonchev–Trinajstić information content (AvgIpc) is 2.83. The number of nitrogens with one attached hydrogen (secondary N) is 1. The summed E-state index contributed by atoms with van der Waals surface area (Å²) in [6.45, 7) is 0.743. The fourth-order valence-corrected chi connectivity index (χ4v) is 3.26. The maximum Gasteiger partial charge on any atom is 0.241 e. The Morgan fingerprint density at radius 1 is 1.67 bits per heavy atom. The van der Waals surface area contributed by atoms with Crippen molar-refractivity contribution in [2.75, 3.05) is 18.1 Å². The molecule has 1 unspecified atom stereocenters. The van der Waals surface area contributed by atoms with Gasteiger partial charge in [0.05, 0.1) is 6.20 Å². The van der Waals surface area contributed by atoms with Crippen molar-refractivity contribution in [1.82, 2.24) is 15.1 Å². The van der Waals surface area contributed by atoms with Crippen LogP contribution in [0.25, 0.3) is 0 Å². The zero-order valence-corrected chi connectivity index (χ0v) is 11.4. The van der Waals surface area contributed by atoms with Crippen LogP contribution in [0.4, 0.5) is 0 Å². The van der Waals surface area contributed by atoms with Gasteiger partial charge in [-0.2, -0.15) is 16.9 Å². The summed E-state index contributed by atoms with van der Waals surface area (Å²) in [7, 11) is 1.81. The van der Waals surface area contributed by atoms with E-state index in [2.05, 4.69) is 10.4 Å². The molecule has 2 rings (SSSR count). The number of nitrogens with zero attached hydrogens (tertiary/aromatic N) is 2. The minimum Gasteiger partial charge on any atom is -0.354 e. The van der Waals surface area contributed by atoms with Crippen molar-refractivity contribution in [2.24, 2.45) is 18.7 Å². The summed E-state index contributed by atoms with van der Waals surface area (Å²) in [6.07, 6.45) is 5.79. The Bertz CT molecular complexity index is 401. The fraction of sp³-hybridized carbons (Fsp3) is 0.667. The highest BCUT2D eigenvalue weighted by Crippen LogP contribution is 2.22. The van der Waals surface area contributed by atoms with Crippen molar-refractivity contribution < 1.29 is 4.79 Å². The maximum atomic E-state index is 11.9. The van der Waals surface area contributed by atoms with Crippen molar-refractivity contribution in [1.29, 1.82) is 0 Å². The highest BCUT2D eigenvalue weighted by atomic mass is 32.2. The van der Waals surface area contributed by atoms with Crippen molar-refractivity contribution in [3.8, 4) is 0 Å². The van der Waals surface area contributed by atoms with Crippen molar-refractivity contribution in [2.45, 2.75) is 18.9 Å². The molecule has 1 aromatic heterocycles. The van der Waals surface area contributed by atoms with Crippen LogP contribution in [-0.4, -0.2) is 33.7 Å². The molecule has 1 atom stereocenters. The topological polar surface area (TPSA) is 72.9 Å². The van der Waals surface area contributed by atoms with Crippen LogP contribution in [0.3, 0.4) is 0 Å². The smallest absolute Gasteiger partial charge is 0.241 e. The van der Waals surface area contributed by atoms with E-state index in [1.54, 1.807) is 17.1 Å². The average molecular weight is 268 g/mol. The number of rotatable bonds is 4. The van der Waals surface area contributed by atoms with Crippen LogP contribution < -0.4 is 11.1 Å². The molecule has 1 amide bonds. The number of aromatic nitrogens is 2. The number of carbonyl (C=O) groups is 1. The van der Waals surface area contributed by atoms with Gasteiger partial charge in [-0.05, 0) is 30.3 Å².